The lowest BCUT2D eigenvalue weighted by atomic mass is 9.71. The average Bonchev–Trinajstić information content (AvgIpc) is 2.76. The second kappa shape index (κ2) is 7.64. The van der Waals surface area contributed by atoms with Crippen LogP contribution in [0.25, 0.3) is 0 Å². The van der Waals surface area contributed by atoms with E-state index in [1.807, 2.05) is 6.92 Å². The highest BCUT2D eigenvalue weighted by atomic mass is 35.5. The van der Waals surface area contributed by atoms with Gasteiger partial charge >= 0.3 is 0 Å². The SMILES string of the molecule is CCCNCC1(Cc2c(Cl)c(C)nn2CC)CCCCC1. The molecule has 21 heavy (non-hydrogen) atoms. The number of nitrogens with zero attached hydrogens (tertiary/aromatic N) is 2. The summed E-state index contributed by atoms with van der Waals surface area (Å²) in [5, 5.41) is 9.13. The summed E-state index contributed by atoms with van der Waals surface area (Å²) < 4.78 is 2.11. The van der Waals surface area contributed by atoms with Crippen LogP contribution in [0, 0.1) is 12.3 Å². The van der Waals surface area contributed by atoms with Crippen molar-refractivity contribution in [2.24, 2.45) is 5.41 Å². The largest absolute Gasteiger partial charge is 0.316 e. The quantitative estimate of drug-likeness (QED) is 0.758. The Morgan fingerprint density at radius 2 is 1.95 bits per heavy atom. The van der Waals surface area contributed by atoms with Gasteiger partial charge in [0.2, 0.25) is 0 Å². The molecule has 0 bridgehead atoms. The Kier molecular flexibility index (Phi) is 6.12. The van der Waals surface area contributed by atoms with E-state index >= 15 is 0 Å². The van der Waals surface area contributed by atoms with E-state index in [1.54, 1.807) is 0 Å². The molecule has 1 aromatic heterocycles. The van der Waals surface area contributed by atoms with Gasteiger partial charge in [-0.2, -0.15) is 5.10 Å². The highest BCUT2D eigenvalue weighted by molar-refractivity contribution is 6.31. The molecule has 2 rings (SSSR count). The zero-order chi connectivity index (χ0) is 15.3. The number of rotatable bonds is 7. The van der Waals surface area contributed by atoms with Crippen LogP contribution in [0.4, 0.5) is 0 Å². The standard InChI is InChI=1S/C17H30ClN3/c1-4-11-19-13-17(9-7-6-8-10-17)12-15-16(18)14(3)20-21(15)5-2/h19H,4-13H2,1-3H3. The number of hydrogen-bond donors (Lipinski definition) is 1. The van der Waals surface area contributed by atoms with Crippen LogP contribution < -0.4 is 5.32 Å². The second-order valence-corrected chi connectivity index (χ2v) is 6.95. The molecule has 1 aliphatic rings. The summed E-state index contributed by atoms with van der Waals surface area (Å²) in [4.78, 5) is 0. The zero-order valence-electron chi connectivity index (χ0n) is 13.8. The number of hydrogen-bond acceptors (Lipinski definition) is 2. The highest BCUT2D eigenvalue weighted by Gasteiger charge is 2.34. The maximum absolute atomic E-state index is 6.53. The molecule has 0 aliphatic heterocycles. The minimum atomic E-state index is 0.371. The molecule has 1 aliphatic carbocycles. The second-order valence-electron chi connectivity index (χ2n) is 6.58. The Labute approximate surface area is 134 Å². The van der Waals surface area contributed by atoms with Gasteiger partial charge in [-0.05, 0) is 51.5 Å². The van der Waals surface area contributed by atoms with Crippen LogP contribution in [0.15, 0.2) is 0 Å². The molecule has 0 unspecified atom stereocenters. The van der Waals surface area contributed by atoms with Crippen LogP contribution in [-0.2, 0) is 13.0 Å². The molecule has 0 saturated heterocycles. The first-order valence-corrected chi connectivity index (χ1v) is 8.92. The first-order chi connectivity index (χ1) is 10.1. The molecule has 0 radical (unpaired) electrons. The topological polar surface area (TPSA) is 29.9 Å². The van der Waals surface area contributed by atoms with E-state index in [9.17, 15) is 0 Å². The van der Waals surface area contributed by atoms with Gasteiger partial charge in [0, 0.05) is 13.1 Å². The maximum Gasteiger partial charge on any atom is 0.0847 e. The molecule has 1 aromatic rings. The van der Waals surface area contributed by atoms with Crippen molar-refractivity contribution in [2.45, 2.75) is 72.3 Å². The third-order valence-electron chi connectivity index (χ3n) is 4.84. The van der Waals surface area contributed by atoms with Crippen molar-refractivity contribution in [2.75, 3.05) is 13.1 Å². The van der Waals surface area contributed by atoms with Gasteiger partial charge in [-0.15, -0.1) is 0 Å². The monoisotopic (exact) mass is 311 g/mol. The number of aromatic nitrogens is 2. The fourth-order valence-corrected chi connectivity index (χ4v) is 3.84. The van der Waals surface area contributed by atoms with Crippen molar-refractivity contribution in [1.82, 2.24) is 15.1 Å². The van der Waals surface area contributed by atoms with Gasteiger partial charge in [-0.25, -0.2) is 0 Å². The first kappa shape index (κ1) is 16.8. The van der Waals surface area contributed by atoms with Crippen LogP contribution in [0.1, 0.15) is 63.8 Å². The van der Waals surface area contributed by atoms with Crippen molar-refractivity contribution in [3.05, 3.63) is 16.4 Å². The van der Waals surface area contributed by atoms with Gasteiger partial charge in [0.15, 0.2) is 0 Å². The Bertz CT molecular complexity index is 447. The fraction of sp³-hybridized carbons (Fsp3) is 0.824. The third-order valence-corrected chi connectivity index (χ3v) is 5.33. The van der Waals surface area contributed by atoms with Crippen LogP contribution in [0.5, 0.6) is 0 Å². The Balaban J connectivity index is 2.18. The smallest absolute Gasteiger partial charge is 0.0847 e. The van der Waals surface area contributed by atoms with E-state index in [2.05, 4.69) is 28.9 Å². The molecular formula is C17H30ClN3. The zero-order valence-corrected chi connectivity index (χ0v) is 14.6. The van der Waals surface area contributed by atoms with Crippen molar-refractivity contribution in [3.8, 4) is 0 Å². The Morgan fingerprint density at radius 3 is 2.57 bits per heavy atom. The van der Waals surface area contributed by atoms with E-state index < -0.39 is 0 Å². The summed E-state index contributed by atoms with van der Waals surface area (Å²) in [5.41, 5.74) is 2.59. The molecule has 120 valence electrons. The summed E-state index contributed by atoms with van der Waals surface area (Å²) in [6.07, 6.45) is 8.98. The molecule has 1 heterocycles. The maximum atomic E-state index is 6.53. The van der Waals surface area contributed by atoms with Crippen LogP contribution in [0.3, 0.4) is 0 Å². The lowest BCUT2D eigenvalue weighted by molar-refractivity contribution is 0.177. The molecule has 0 aromatic carbocycles. The van der Waals surface area contributed by atoms with Crippen LogP contribution in [0.2, 0.25) is 5.02 Å². The summed E-state index contributed by atoms with van der Waals surface area (Å²) >= 11 is 6.53. The molecule has 3 nitrogen and oxygen atoms in total. The predicted octanol–water partition coefficient (Wildman–Crippen LogP) is 4.36. The van der Waals surface area contributed by atoms with Crippen molar-refractivity contribution < 1.29 is 0 Å². The Hall–Kier alpha value is -0.540. The molecule has 4 heteroatoms. The lowest BCUT2D eigenvalue weighted by Crippen LogP contribution is -2.38. The van der Waals surface area contributed by atoms with E-state index in [-0.39, 0.29) is 0 Å². The predicted molar refractivity (Wildman–Crippen MR) is 90.0 cm³/mol. The molecule has 1 N–H and O–H groups in total. The number of nitrogens with one attached hydrogen (secondary N) is 1. The number of aryl methyl sites for hydroxylation is 2. The van der Waals surface area contributed by atoms with Gasteiger partial charge in [0.25, 0.3) is 0 Å². The van der Waals surface area contributed by atoms with Crippen molar-refractivity contribution >= 4 is 11.6 Å². The van der Waals surface area contributed by atoms with Gasteiger partial charge in [-0.1, -0.05) is 37.8 Å². The van der Waals surface area contributed by atoms with Gasteiger partial charge in [0.1, 0.15) is 0 Å². The third kappa shape index (κ3) is 4.01. The molecule has 1 fully saturated rings. The molecular weight excluding hydrogens is 282 g/mol. The van der Waals surface area contributed by atoms with Gasteiger partial charge in [0.05, 0.1) is 16.4 Å². The van der Waals surface area contributed by atoms with Crippen LogP contribution in [-0.4, -0.2) is 22.9 Å². The molecule has 1 saturated carbocycles. The highest BCUT2D eigenvalue weighted by Crippen LogP contribution is 2.40. The summed E-state index contributed by atoms with van der Waals surface area (Å²) in [5.74, 6) is 0. The minimum Gasteiger partial charge on any atom is -0.316 e. The summed E-state index contributed by atoms with van der Waals surface area (Å²) in [6.45, 7) is 9.52. The molecule has 0 amide bonds. The van der Waals surface area contributed by atoms with Crippen molar-refractivity contribution in [1.29, 1.82) is 0 Å². The van der Waals surface area contributed by atoms with Gasteiger partial charge in [-0.3, -0.25) is 4.68 Å². The van der Waals surface area contributed by atoms with E-state index in [0.29, 0.717) is 5.41 Å². The minimum absolute atomic E-state index is 0.371. The summed E-state index contributed by atoms with van der Waals surface area (Å²) in [6, 6.07) is 0. The average molecular weight is 312 g/mol. The normalized spacial score (nSPS) is 18.1. The van der Waals surface area contributed by atoms with E-state index in [0.717, 1.165) is 36.8 Å². The number of halogens is 1. The molecule has 0 atom stereocenters. The van der Waals surface area contributed by atoms with E-state index in [4.69, 9.17) is 11.6 Å². The van der Waals surface area contributed by atoms with E-state index in [1.165, 1.54) is 44.2 Å². The molecule has 0 spiro atoms. The lowest BCUT2D eigenvalue weighted by Gasteiger charge is -2.38. The fourth-order valence-electron chi connectivity index (χ4n) is 3.64. The summed E-state index contributed by atoms with van der Waals surface area (Å²) in [7, 11) is 0. The Morgan fingerprint density at radius 1 is 1.24 bits per heavy atom. The first-order valence-electron chi connectivity index (χ1n) is 8.54. The van der Waals surface area contributed by atoms with Crippen LogP contribution >= 0.6 is 11.6 Å². The van der Waals surface area contributed by atoms with Crippen molar-refractivity contribution in [3.63, 3.8) is 0 Å². The van der Waals surface area contributed by atoms with Gasteiger partial charge < -0.3 is 5.32 Å².